The number of aromatic nitrogens is 4. The molecule has 5 heteroatoms. The molecule has 1 N–H and O–H groups in total. The van der Waals surface area contributed by atoms with Gasteiger partial charge in [0.2, 0.25) is 0 Å². The average Bonchev–Trinajstić information content (AvgIpc) is 2.56. The molecule has 0 saturated carbocycles. The number of hydrogen-bond acceptors (Lipinski definition) is 5. The van der Waals surface area contributed by atoms with Gasteiger partial charge in [0.25, 0.3) is 0 Å². The highest BCUT2D eigenvalue weighted by Crippen LogP contribution is 2.22. The molecule has 2 aromatic heterocycles. The molecular weight excluding hydrogens is 262 g/mol. The second kappa shape index (κ2) is 6.09. The van der Waals surface area contributed by atoms with Crippen LogP contribution in [0.15, 0.2) is 55.0 Å². The van der Waals surface area contributed by atoms with Crippen LogP contribution >= 0.6 is 0 Å². The van der Waals surface area contributed by atoms with E-state index in [4.69, 9.17) is 0 Å². The van der Waals surface area contributed by atoms with Crippen molar-refractivity contribution in [2.75, 3.05) is 11.9 Å². The molecule has 0 aliphatic rings. The molecule has 0 aliphatic carbocycles. The molecule has 0 saturated heterocycles. The van der Waals surface area contributed by atoms with Gasteiger partial charge in [-0.05, 0) is 6.92 Å². The number of nitrogens with one attached hydrogen (secondary N) is 1. The molecule has 0 bridgehead atoms. The molecule has 104 valence electrons. The Labute approximate surface area is 123 Å². The van der Waals surface area contributed by atoms with Crippen molar-refractivity contribution < 1.29 is 0 Å². The van der Waals surface area contributed by atoms with Crippen LogP contribution in [0.5, 0.6) is 0 Å². The Morgan fingerprint density at radius 2 is 1.86 bits per heavy atom. The maximum atomic E-state index is 4.60. The first-order valence-electron chi connectivity index (χ1n) is 6.81. The third kappa shape index (κ3) is 3.02. The van der Waals surface area contributed by atoms with Gasteiger partial charge in [0.05, 0.1) is 11.9 Å². The first kappa shape index (κ1) is 13.2. The summed E-state index contributed by atoms with van der Waals surface area (Å²) in [5.41, 5.74) is 2.46. The molecule has 21 heavy (non-hydrogen) atoms. The van der Waals surface area contributed by atoms with Gasteiger partial charge in [-0.25, -0.2) is 9.97 Å². The zero-order valence-electron chi connectivity index (χ0n) is 11.7. The van der Waals surface area contributed by atoms with Crippen LogP contribution in [0.4, 0.5) is 5.82 Å². The van der Waals surface area contributed by atoms with Gasteiger partial charge in [0.1, 0.15) is 11.5 Å². The topological polar surface area (TPSA) is 63.6 Å². The van der Waals surface area contributed by atoms with Crippen LogP contribution in [0.3, 0.4) is 0 Å². The molecule has 0 unspecified atom stereocenters. The minimum atomic E-state index is 0.676. The lowest BCUT2D eigenvalue weighted by atomic mass is 10.2. The van der Waals surface area contributed by atoms with E-state index in [0.29, 0.717) is 5.82 Å². The van der Waals surface area contributed by atoms with Gasteiger partial charge in [-0.3, -0.25) is 9.97 Å². The van der Waals surface area contributed by atoms with Crippen molar-refractivity contribution >= 4 is 5.82 Å². The summed E-state index contributed by atoms with van der Waals surface area (Å²) >= 11 is 0. The van der Waals surface area contributed by atoms with Gasteiger partial charge in [0.15, 0.2) is 5.82 Å². The Kier molecular flexibility index (Phi) is 3.82. The summed E-state index contributed by atoms with van der Waals surface area (Å²) in [6.07, 6.45) is 5.01. The summed E-state index contributed by atoms with van der Waals surface area (Å²) in [6.45, 7) is 2.83. The van der Waals surface area contributed by atoms with Crippen LogP contribution in [0.1, 0.15) is 6.92 Å². The second-order valence-corrected chi connectivity index (χ2v) is 4.45. The van der Waals surface area contributed by atoms with E-state index in [1.807, 2.05) is 43.3 Å². The Morgan fingerprint density at radius 3 is 2.57 bits per heavy atom. The molecule has 1 aromatic carbocycles. The Bertz CT molecular complexity index is 655. The molecular formula is C16H15N5. The van der Waals surface area contributed by atoms with Crippen molar-refractivity contribution in [2.45, 2.75) is 6.92 Å². The van der Waals surface area contributed by atoms with Crippen molar-refractivity contribution in [3.8, 4) is 22.8 Å². The van der Waals surface area contributed by atoms with Gasteiger partial charge >= 0.3 is 0 Å². The fourth-order valence-corrected chi connectivity index (χ4v) is 2.00. The van der Waals surface area contributed by atoms with E-state index < -0.39 is 0 Å². The number of rotatable bonds is 4. The van der Waals surface area contributed by atoms with E-state index in [9.17, 15) is 0 Å². The monoisotopic (exact) mass is 277 g/mol. The van der Waals surface area contributed by atoms with Crippen LogP contribution in [0.25, 0.3) is 22.8 Å². The smallest absolute Gasteiger partial charge is 0.162 e. The van der Waals surface area contributed by atoms with Crippen LogP contribution in [-0.4, -0.2) is 26.5 Å². The summed E-state index contributed by atoms with van der Waals surface area (Å²) in [5.74, 6) is 1.46. The molecule has 3 aromatic rings. The number of nitrogens with zero attached hydrogens (tertiary/aromatic N) is 4. The summed E-state index contributed by atoms with van der Waals surface area (Å²) < 4.78 is 0. The fraction of sp³-hybridized carbons (Fsp3) is 0.125. The van der Waals surface area contributed by atoms with E-state index in [1.165, 1.54) is 0 Å². The van der Waals surface area contributed by atoms with Crippen molar-refractivity contribution in [3.05, 3.63) is 55.0 Å². The molecule has 0 atom stereocenters. The molecule has 2 heterocycles. The first-order chi connectivity index (χ1) is 10.4. The maximum Gasteiger partial charge on any atom is 0.162 e. The quantitative estimate of drug-likeness (QED) is 0.794. The zero-order valence-corrected chi connectivity index (χ0v) is 11.7. The largest absolute Gasteiger partial charge is 0.370 e. The average molecular weight is 277 g/mol. The SMILES string of the molecule is CCNc1cc(-c2cnccn2)nc(-c2ccccc2)n1. The number of anilines is 1. The Balaban J connectivity index is 2.11. The Hall–Kier alpha value is -2.82. The predicted octanol–water partition coefficient (Wildman–Crippen LogP) is 3.03. The van der Waals surface area contributed by atoms with Crippen molar-refractivity contribution in [2.24, 2.45) is 0 Å². The minimum absolute atomic E-state index is 0.676. The van der Waals surface area contributed by atoms with Crippen molar-refractivity contribution in [1.29, 1.82) is 0 Å². The molecule has 0 radical (unpaired) electrons. The van der Waals surface area contributed by atoms with E-state index in [2.05, 4.69) is 25.3 Å². The third-order valence-corrected chi connectivity index (χ3v) is 2.94. The lowest BCUT2D eigenvalue weighted by Crippen LogP contribution is -2.03. The van der Waals surface area contributed by atoms with E-state index >= 15 is 0 Å². The van der Waals surface area contributed by atoms with Gasteiger partial charge in [-0.15, -0.1) is 0 Å². The maximum absolute atomic E-state index is 4.60. The van der Waals surface area contributed by atoms with E-state index in [-0.39, 0.29) is 0 Å². The second-order valence-electron chi connectivity index (χ2n) is 4.45. The molecule has 0 amide bonds. The highest BCUT2D eigenvalue weighted by Gasteiger charge is 2.09. The first-order valence-corrected chi connectivity index (χ1v) is 6.81. The normalized spacial score (nSPS) is 10.3. The third-order valence-electron chi connectivity index (χ3n) is 2.94. The van der Waals surface area contributed by atoms with Crippen molar-refractivity contribution in [3.63, 3.8) is 0 Å². The minimum Gasteiger partial charge on any atom is -0.370 e. The lowest BCUT2D eigenvalue weighted by Gasteiger charge is -2.08. The van der Waals surface area contributed by atoms with Gasteiger partial charge < -0.3 is 5.32 Å². The van der Waals surface area contributed by atoms with Crippen LogP contribution < -0.4 is 5.32 Å². The Morgan fingerprint density at radius 1 is 1.00 bits per heavy atom. The molecule has 0 aliphatic heterocycles. The van der Waals surface area contributed by atoms with Gasteiger partial charge in [-0.1, -0.05) is 30.3 Å². The lowest BCUT2D eigenvalue weighted by molar-refractivity contribution is 1.10. The fourth-order valence-electron chi connectivity index (χ4n) is 2.00. The molecule has 5 nitrogen and oxygen atoms in total. The number of hydrogen-bond donors (Lipinski definition) is 1. The standard InChI is InChI=1S/C16H15N5/c1-2-18-15-10-13(14-11-17-8-9-19-14)20-16(21-15)12-6-4-3-5-7-12/h3-11H,2H2,1H3,(H,18,20,21). The van der Waals surface area contributed by atoms with E-state index in [0.717, 1.165) is 29.3 Å². The van der Waals surface area contributed by atoms with Gasteiger partial charge in [-0.2, -0.15) is 0 Å². The molecule has 3 rings (SSSR count). The van der Waals surface area contributed by atoms with Gasteiger partial charge in [0, 0.05) is 30.6 Å². The zero-order chi connectivity index (χ0) is 14.5. The van der Waals surface area contributed by atoms with E-state index in [1.54, 1.807) is 18.6 Å². The highest BCUT2D eigenvalue weighted by atomic mass is 15.0. The molecule has 0 fully saturated rings. The number of benzene rings is 1. The van der Waals surface area contributed by atoms with Crippen LogP contribution in [-0.2, 0) is 0 Å². The summed E-state index contributed by atoms with van der Waals surface area (Å²) in [4.78, 5) is 17.6. The highest BCUT2D eigenvalue weighted by molar-refractivity contribution is 5.64. The summed E-state index contributed by atoms with van der Waals surface area (Å²) in [7, 11) is 0. The predicted molar refractivity (Wildman–Crippen MR) is 82.7 cm³/mol. The summed E-state index contributed by atoms with van der Waals surface area (Å²) in [6, 6.07) is 11.8. The summed E-state index contributed by atoms with van der Waals surface area (Å²) in [5, 5.41) is 3.23. The van der Waals surface area contributed by atoms with Crippen LogP contribution in [0.2, 0.25) is 0 Å². The van der Waals surface area contributed by atoms with Crippen LogP contribution in [0, 0.1) is 0 Å². The molecule has 0 spiro atoms. The van der Waals surface area contributed by atoms with Crippen molar-refractivity contribution in [1.82, 2.24) is 19.9 Å².